The highest BCUT2D eigenvalue weighted by Crippen LogP contribution is 2.11. The van der Waals surface area contributed by atoms with Gasteiger partial charge in [-0.15, -0.1) is 0 Å². The van der Waals surface area contributed by atoms with E-state index in [-0.39, 0.29) is 11.4 Å². The second kappa shape index (κ2) is 5.06. The predicted molar refractivity (Wildman–Crippen MR) is 61.7 cm³/mol. The predicted octanol–water partition coefficient (Wildman–Crippen LogP) is 1.37. The molecule has 0 saturated carbocycles. The average Bonchev–Trinajstić information content (AvgIpc) is 2.43. The summed E-state index contributed by atoms with van der Waals surface area (Å²) in [7, 11) is 0. The highest BCUT2D eigenvalue weighted by Gasteiger charge is 2.14. The quantitative estimate of drug-likeness (QED) is 0.820. The lowest BCUT2D eigenvalue weighted by Gasteiger charge is -2.22. The zero-order chi connectivity index (χ0) is 19.7. The van der Waals surface area contributed by atoms with Gasteiger partial charge in [-0.3, -0.25) is 0 Å². The Kier molecular flexibility index (Phi) is 1.53. The molecule has 1 heterocycles. The van der Waals surface area contributed by atoms with Gasteiger partial charge in [0.2, 0.25) is 0 Å². The van der Waals surface area contributed by atoms with Crippen LogP contribution in [0.5, 0.6) is 0 Å². The second-order valence-electron chi connectivity index (χ2n) is 3.21. The van der Waals surface area contributed by atoms with Crippen molar-refractivity contribution in [1.29, 1.82) is 5.26 Å². The highest BCUT2D eigenvalue weighted by atomic mass is 16.3. The molecule has 4 heteroatoms. The molecule has 1 rings (SSSR count). The fraction of sp³-hybridized carbons (Fsp3) is 0.500. The van der Waals surface area contributed by atoms with Gasteiger partial charge in [-0.05, 0) is 32.7 Å². The molecular weight excluding hydrogens is 202 g/mol. The van der Waals surface area contributed by atoms with Crippen molar-refractivity contribution in [2.45, 2.75) is 32.2 Å². The SMILES string of the molecule is [2H]C([2H])([2H])C(NCC(O)c1cccc(C#N)n1)(C([2H])([2H])[2H])C([2H])([2H])[2H]. The van der Waals surface area contributed by atoms with Gasteiger partial charge in [0, 0.05) is 24.4 Å². The summed E-state index contributed by atoms with van der Waals surface area (Å²) in [5.41, 5.74) is -3.27. The minimum absolute atomic E-state index is 0.00900. The third-order valence-corrected chi connectivity index (χ3v) is 1.79. The van der Waals surface area contributed by atoms with E-state index >= 15 is 0 Å². The number of aromatic nitrogens is 1. The summed E-state index contributed by atoms with van der Waals surface area (Å²) in [6, 6.07) is 5.90. The molecule has 2 N–H and O–H groups in total. The van der Waals surface area contributed by atoms with Crippen molar-refractivity contribution in [2.75, 3.05) is 6.54 Å². The maximum Gasteiger partial charge on any atom is 0.140 e. The Hall–Kier alpha value is -1.44. The van der Waals surface area contributed by atoms with Crippen LogP contribution in [0.4, 0.5) is 0 Å². The van der Waals surface area contributed by atoms with Crippen LogP contribution >= 0.6 is 0 Å². The number of β-amino-alcohol motifs (C(OH)–C–C–N with tert-alkyl or cyclic N) is 1. The zero-order valence-electron chi connectivity index (χ0n) is 17.4. The van der Waals surface area contributed by atoms with Crippen LogP contribution in [0, 0.1) is 11.3 Å². The van der Waals surface area contributed by atoms with Gasteiger partial charge in [0.1, 0.15) is 17.9 Å². The first kappa shape index (κ1) is 4.82. The molecule has 4 nitrogen and oxygen atoms in total. The van der Waals surface area contributed by atoms with Crippen molar-refractivity contribution in [3.05, 3.63) is 29.6 Å². The van der Waals surface area contributed by atoms with Crippen LogP contribution in [0.1, 0.15) is 50.4 Å². The third-order valence-electron chi connectivity index (χ3n) is 1.79. The van der Waals surface area contributed by atoms with Gasteiger partial charge in [-0.1, -0.05) is 6.07 Å². The number of rotatable bonds is 3. The number of pyridine rings is 1. The first-order valence-electron chi connectivity index (χ1n) is 8.97. The largest absolute Gasteiger partial charge is 0.385 e. The van der Waals surface area contributed by atoms with E-state index in [4.69, 9.17) is 17.6 Å². The normalized spacial score (nSPS) is 23.9. The molecule has 16 heavy (non-hydrogen) atoms. The second-order valence-corrected chi connectivity index (χ2v) is 3.21. The Bertz CT molecular complexity index is 609. The molecule has 1 aromatic heterocycles. The van der Waals surface area contributed by atoms with Crippen LogP contribution in [-0.4, -0.2) is 22.2 Å². The lowest BCUT2D eigenvalue weighted by atomic mass is 10.1. The first-order chi connectivity index (χ1) is 11.2. The van der Waals surface area contributed by atoms with Gasteiger partial charge in [0.15, 0.2) is 0 Å². The average molecular weight is 228 g/mol. The van der Waals surface area contributed by atoms with Crippen molar-refractivity contribution >= 4 is 0 Å². The molecule has 0 spiro atoms. The van der Waals surface area contributed by atoms with Crippen molar-refractivity contribution in [3.63, 3.8) is 0 Å². The van der Waals surface area contributed by atoms with E-state index in [1.165, 1.54) is 18.2 Å². The van der Waals surface area contributed by atoms with Crippen LogP contribution in [0.2, 0.25) is 0 Å². The molecular formula is C12H17N3O. The molecule has 0 fully saturated rings. The topological polar surface area (TPSA) is 68.9 Å². The zero-order valence-corrected chi connectivity index (χ0v) is 8.36. The Labute approximate surface area is 109 Å². The van der Waals surface area contributed by atoms with E-state index in [1.54, 1.807) is 6.07 Å². The van der Waals surface area contributed by atoms with E-state index in [2.05, 4.69) is 4.98 Å². The molecule has 0 bridgehead atoms. The maximum atomic E-state index is 10.1. The van der Waals surface area contributed by atoms with Gasteiger partial charge in [0.05, 0.1) is 5.69 Å². The summed E-state index contributed by atoms with van der Waals surface area (Å²) in [6.45, 7) is -10.9. The number of nitriles is 1. The van der Waals surface area contributed by atoms with Crippen LogP contribution in [0.15, 0.2) is 18.2 Å². The van der Waals surface area contributed by atoms with Crippen molar-refractivity contribution < 1.29 is 17.4 Å². The summed E-state index contributed by atoms with van der Waals surface area (Å²) < 4.78 is 67.2. The Morgan fingerprint density at radius 1 is 1.62 bits per heavy atom. The minimum atomic E-state index is -3.41. The van der Waals surface area contributed by atoms with Crippen molar-refractivity contribution in [3.8, 4) is 6.07 Å². The maximum absolute atomic E-state index is 10.1. The molecule has 86 valence electrons. The molecule has 0 radical (unpaired) electrons. The summed E-state index contributed by atoms with van der Waals surface area (Å²) in [5.74, 6) is 0. The molecule has 0 aliphatic heterocycles. The van der Waals surface area contributed by atoms with E-state index < -0.39 is 38.7 Å². The van der Waals surface area contributed by atoms with Gasteiger partial charge < -0.3 is 10.4 Å². The van der Waals surface area contributed by atoms with Gasteiger partial charge in [0.25, 0.3) is 0 Å². The number of hydrogen-bond acceptors (Lipinski definition) is 4. The summed E-state index contributed by atoms with van der Waals surface area (Å²) >= 11 is 0. The molecule has 0 aliphatic rings. The van der Waals surface area contributed by atoms with E-state index in [0.29, 0.717) is 0 Å². The molecule has 0 aromatic carbocycles. The number of aliphatic hydroxyl groups excluding tert-OH is 1. The Morgan fingerprint density at radius 3 is 3.00 bits per heavy atom. The molecule has 1 unspecified atom stereocenters. The third kappa shape index (κ3) is 3.97. The molecule has 1 atom stereocenters. The van der Waals surface area contributed by atoms with Crippen LogP contribution < -0.4 is 5.32 Å². The fourth-order valence-corrected chi connectivity index (χ4v) is 1.05. The van der Waals surface area contributed by atoms with Gasteiger partial charge >= 0.3 is 0 Å². The lowest BCUT2D eigenvalue weighted by Crippen LogP contribution is -2.38. The van der Waals surface area contributed by atoms with E-state index in [1.807, 2.05) is 5.32 Å². The molecule has 0 saturated heterocycles. The van der Waals surface area contributed by atoms with Crippen molar-refractivity contribution in [2.24, 2.45) is 0 Å². The van der Waals surface area contributed by atoms with Gasteiger partial charge in [-0.25, -0.2) is 4.98 Å². The van der Waals surface area contributed by atoms with E-state index in [0.717, 1.165) is 0 Å². The van der Waals surface area contributed by atoms with E-state index in [9.17, 15) is 5.11 Å². The summed E-state index contributed by atoms with van der Waals surface area (Å²) in [5, 5.41) is 20.9. The molecule has 0 amide bonds. The molecule has 0 aliphatic carbocycles. The first-order valence-corrected chi connectivity index (χ1v) is 4.47. The number of aliphatic hydroxyl groups is 1. The monoisotopic (exact) mass is 228 g/mol. The number of nitrogens with one attached hydrogen (secondary N) is 1. The summed E-state index contributed by atoms with van der Waals surface area (Å²) in [6.07, 6.45) is -1.51. The number of nitrogens with zero attached hydrogens (tertiary/aromatic N) is 2. The minimum Gasteiger partial charge on any atom is -0.385 e. The van der Waals surface area contributed by atoms with Crippen LogP contribution in [0.3, 0.4) is 0 Å². The smallest absolute Gasteiger partial charge is 0.140 e. The number of hydrogen-bond donors (Lipinski definition) is 2. The standard InChI is InChI=1S/C12H17N3O/c1-12(2,3)14-8-11(16)10-6-4-5-9(7-13)15-10/h4-6,11,14,16H,8H2,1-3H3/i1D3,2D3,3D3. The van der Waals surface area contributed by atoms with Crippen molar-refractivity contribution in [1.82, 2.24) is 10.3 Å². The molecule has 1 aromatic rings. The van der Waals surface area contributed by atoms with Gasteiger partial charge in [-0.2, -0.15) is 5.26 Å². The van der Waals surface area contributed by atoms with Crippen LogP contribution in [-0.2, 0) is 0 Å². The Morgan fingerprint density at radius 2 is 2.38 bits per heavy atom. The van der Waals surface area contributed by atoms with Crippen LogP contribution in [0.25, 0.3) is 0 Å². The summed E-state index contributed by atoms with van der Waals surface area (Å²) in [4.78, 5) is 3.81. The Balaban J connectivity index is 3.22. The lowest BCUT2D eigenvalue weighted by molar-refractivity contribution is 0.159. The highest BCUT2D eigenvalue weighted by molar-refractivity contribution is 5.23. The fourth-order valence-electron chi connectivity index (χ4n) is 1.05.